The lowest BCUT2D eigenvalue weighted by molar-refractivity contribution is -0.137. The fourth-order valence-corrected chi connectivity index (χ4v) is 1.96. The fourth-order valence-electron chi connectivity index (χ4n) is 1.96. The molecule has 0 spiro atoms. The molecular formula is C16H12F5NO. The summed E-state index contributed by atoms with van der Waals surface area (Å²) in [5.74, 6) is -2.66. The van der Waals surface area contributed by atoms with Crippen molar-refractivity contribution >= 4 is 5.91 Å². The highest BCUT2D eigenvalue weighted by molar-refractivity contribution is 5.94. The first kappa shape index (κ1) is 16.9. The minimum atomic E-state index is -4.48. The zero-order valence-electron chi connectivity index (χ0n) is 11.9. The molecule has 2 aromatic rings. The van der Waals surface area contributed by atoms with Crippen LogP contribution in [0.2, 0.25) is 0 Å². The van der Waals surface area contributed by atoms with Gasteiger partial charge in [-0.1, -0.05) is 6.07 Å². The van der Waals surface area contributed by atoms with Crippen LogP contribution in [0.1, 0.15) is 34.5 Å². The van der Waals surface area contributed by atoms with Crippen molar-refractivity contribution in [1.29, 1.82) is 0 Å². The molecule has 0 aromatic heterocycles. The summed E-state index contributed by atoms with van der Waals surface area (Å²) in [4.78, 5) is 12.0. The topological polar surface area (TPSA) is 29.1 Å². The summed E-state index contributed by atoms with van der Waals surface area (Å²) in [6.45, 7) is 1.55. The van der Waals surface area contributed by atoms with E-state index < -0.39 is 35.3 Å². The van der Waals surface area contributed by atoms with Gasteiger partial charge in [0.15, 0.2) is 11.6 Å². The van der Waals surface area contributed by atoms with E-state index in [1.165, 1.54) is 6.07 Å². The highest BCUT2D eigenvalue weighted by Gasteiger charge is 2.30. The molecule has 0 fully saturated rings. The molecule has 2 nitrogen and oxygen atoms in total. The van der Waals surface area contributed by atoms with Crippen molar-refractivity contribution in [2.24, 2.45) is 0 Å². The van der Waals surface area contributed by atoms with Gasteiger partial charge in [-0.15, -0.1) is 0 Å². The summed E-state index contributed by atoms with van der Waals surface area (Å²) >= 11 is 0. The van der Waals surface area contributed by atoms with Crippen molar-refractivity contribution in [2.45, 2.75) is 19.1 Å². The van der Waals surface area contributed by atoms with Crippen molar-refractivity contribution in [3.63, 3.8) is 0 Å². The van der Waals surface area contributed by atoms with E-state index in [2.05, 4.69) is 5.32 Å². The zero-order chi connectivity index (χ0) is 17.2. The lowest BCUT2D eigenvalue weighted by Crippen LogP contribution is -2.26. The van der Waals surface area contributed by atoms with Gasteiger partial charge in [-0.3, -0.25) is 4.79 Å². The Bertz CT molecular complexity index is 709. The van der Waals surface area contributed by atoms with Gasteiger partial charge in [0.1, 0.15) is 0 Å². The zero-order valence-corrected chi connectivity index (χ0v) is 11.9. The summed E-state index contributed by atoms with van der Waals surface area (Å²) in [7, 11) is 0. The average Bonchev–Trinajstić information content (AvgIpc) is 2.49. The Kier molecular flexibility index (Phi) is 4.68. The number of nitrogens with one attached hydrogen (secondary N) is 1. The van der Waals surface area contributed by atoms with Gasteiger partial charge in [0.25, 0.3) is 5.91 Å². The molecule has 1 N–H and O–H groups in total. The molecular weight excluding hydrogens is 317 g/mol. The molecule has 0 aliphatic heterocycles. The maximum Gasteiger partial charge on any atom is 0.416 e. The van der Waals surface area contributed by atoms with Crippen LogP contribution in [0.5, 0.6) is 0 Å². The molecule has 1 unspecified atom stereocenters. The van der Waals surface area contributed by atoms with Crippen molar-refractivity contribution in [1.82, 2.24) is 5.32 Å². The fraction of sp³-hybridized carbons (Fsp3) is 0.188. The average molecular weight is 329 g/mol. The molecule has 122 valence electrons. The molecule has 1 amide bonds. The smallest absolute Gasteiger partial charge is 0.346 e. The first-order valence-electron chi connectivity index (χ1n) is 6.61. The van der Waals surface area contributed by atoms with Crippen LogP contribution in [0, 0.1) is 11.6 Å². The van der Waals surface area contributed by atoms with Crippen LogP contribution in [0.4, 0.5) is 22.0 Å². The van der Waals surface area contributed by atoms with Gasteiger partial charge in [-0.2, -0.15) is 13.2 Å². The second-order valence-electron chi connectivity index (χ2n) is 4.94. The molecule has 7 heteroatoms. The highest BCUT2D eigenvalue weighted by atomic mass is 19.4. The van der Waals surface area contributed by atoms with Gasteiger partial charge >= 0.3 is 6.18 Å². The number of hydrogen-bond acceptors (Lipinski definition) is 1. The highest BCUT2D eigenvalue weighted by Crippen LogP contribution is 2.29. The van der Waals surface area contributed by atoms with Crippen LogP contribution in [0.3, 0.4) is 0 Å². The Morgan fingerprint density at radius 1 is 1.00 bits per heavy atom. The summed E-state index contributed by atoms with van der Waals surface area (Å²) in [6, 6.07) is 6.27. The number of rotatable bonds is 3. The summed E-state index contributed by atoms with van der Waals surface area (Å²) in [6.07, 6.45) is -4.48. The van der Waals surface area contributed by atoms with E-state index in [0.29, 0.717) is 5.56 Å². The number of carbonyl (C=O) groups is 1. The van der Waals surface area contributed by atoms with E-state index in [4.69, 9.17) is 0 Å². The number of alkyl halides is 3. The lowest BCUT2D eigenvalue weighted by Gasteiger charge is -2.15. The number of carbonyl (C=O) groups excluding carboxylic acids is 1. The molecule has 0 saturated carbocycles. The predicted molar refractivity (Wildman–Crippen MR) is 73.7 cm³/mol. The monoisotopic (exact) mass is 329 g/mol. The minimum absolute atomic E-state index is 0.0347. The van der Waals surface area contributed by atoms with Crippen molar-refractivity contribution < 1.29 is 26.7 Å². The van der Waals surface area contributed by atoms with Gasteiger partial charge in [0.05, 0.1) is 11.6 Å². The van der Waals surface area contributed by atoms with Crippen LogP contribution in [-0.2, 0) is 6.18 Å². The Balaban J connectivity index is 2.10. The number of hydrogen-bond donors (Lipinski definition) is 1. The summed E-state index contributed by atoms with van der Waals surface area (Å²) in [5.41, 5.74) is -0.487. The molecule has 0 aliphatic rings. The van der Waals surface area contributed by atoms with Crippen molar-refractivity contribution in [3.05, 3.63) is 70.8 Å². The maximum atomic E-state index is 13.2. The first-order chi connectivity index (χ1) is 10.7. The predicted octanol–water partition coefficient (Wildman–Crippen LogP) is 4.47. The molecule has 2 rings (SSSR count). The van der Waals surface area contributed by atoms with E-state index in [-0.39, 0.29) is 5.56 Å². The van der Waals surface area contributed by atoms with Crippen molar-refractivity contribution in [2.75, 3.05) is 0 Å². The second-order valence-corrected chi connectivity index (χ2v) is 4.94. The molecule has 0 aliphatic carbocycles. The van der Waals surface area contributed by atoms with Crippen LogP contribution in [0.15, 0.2) is 42.5 Å². The van der Waals surface area contributed by atoms with Gasteiger partial charge < -0.3 is 5.32 Å². The molecule has 0 bridgehead atoms. The summed E-state index contributed by atoms with van der Waals surface area (Å²) < 4.78 is 63.4. The molecule has 0 radical (unpaired) electrons. The Morgan fingerprint density at radius 3 is 2.13 bits per heavy atom. The van der Waals surface area contributed by atoms with E-state index in [1.54, 1.807) is 6.92 Å². The van der Waals surface area contributed by atoms with Crippen LogP contribution in [0.25, 0.3) is 0 Å². The third kappa shape index (κ3) is 4.06. The number of benzene rings is 2. The Labute approximate surface area is 128 Å². The number of halogens is 5. The largest absolute Gasteiger partial charge is 0.416 e. The Hall–Kier alpha value is -2.44. The van der Waals surface area contributed by atoms with Gasteiger partial charge in [0, 0.05) is 5.56 Å². The Morgan fingerprint density at radius 2 is 1.61 bits per heavy atom. The van der Waals surface area contributed by atoms with E-state index in [9.17, 15) is 26.7 Å². The lowest BCUT2D eigenvalue weighted by atomic mass is 10.1. The molecule has 1 atom stereocenters. The first-order valence-corrected chi connectivity index (χ1v) is 6.61. The van der Waals surface area contributed by atoms with Gasteiger partial charge in [-0.05, 0) is 48.9 Å². The second kappa shape index (κ2) is 6.36. The minimum Gasteiger partial charge on any atom is -0.346 e. The maximum absolute atomic E-state index is 13.2. The summed E-state index contributed by atoms with van der Waals surface area (Å²) in [5, 5.41) is 2.51. The van der Waals surface area contributed by atoms with Gasteiger partial charge in [-0.25, -0.2) is 8.78 Å². The molecule has 2 aromatic carbocycles. The quantitative estimate of drug-likeness (QED) is 0.827. The SMILES string of the molecule is CC(NC(=O)c1ccc(C(F)(F)F)cc1)c1ccc(F)c(F)c1. The van der Waals surface area contributed by atoms with Crippen molar-refractivity contribution in [3.8, 4) is 0 Å². The third-order valence-electron chi connectivity index (χ3n) is 3.27. The van der Waals surface area contributed by atoms with Crippen LogP contribution < -0.4 is 5.32 Å². The van der Waals surface area contributed by atoms with Crippen LogP contribution in [-0.4, -0.2) is 5.91 Å². The molecule has 0 saturated heterocycles. The van der Waals surface area contributed by atoms with E-state index in [0.717, 1.165) is 36.4 Å². The van der Waals surface area contributed by atoms with E-state index in [1.807, 2.05) is 0 Å². The molecule has 23 heavy (non-hydrogen) atoms. The third-order valence-corrected chi connectivity index (χ3v) is 3.27. The molecule has 0 heterocycles. The van der Waals surface area contributed by atoms with Crippen LogP contribution >= 0.6 is 0 Å². The number of amides is 1. The standard InChI is InChI=1S/C16H12F5NO/c1-9(11-4-7-13(17)14(18)8-11)22-15(23)10-2-5-12(6-3-10)16(19,20)21/h2-9H,1H3,(H,22,23). The van der Waals surface area contributed by atoms with E-state index >= 15 is 0 Å². The normalized spacial score (nSPS) is 12.8. The van der Waals surface area contributed by atoms with Gasteiger partial charge in [0.2, 0.25) is 0 Å².